The number of hydrogen-bond acceptors (Lipinski definition) is 2. The van der Waals surface area contributed by atoms with Gasteiger partial charge >= 0.3 is 18.0 Å². The van der Waals surface area contributed by atoms with Gasteiger partial charge < -0.3 is 5.32 Å². The Hall–Kier alpha value is -2.91. The van der Waals surface area contributed by atoms with Crippen LogP contribution in [0.2, 0.25) is 0 Å². The minimum atomic E-state index is -6.22. The van der Waals surface area contributed by atoms with E-state index in [9.17, 15) is 40.3 Å². The maximum absolute atomic E-state index is 14.4. The lowest BCUT2D eigenvalue weighted by atomic mass is 9.87. The Bertz CT molecular complexity index is 973. The largest absolute Gasteiger partial charge is 0.435 e. The van der Waals surface area contributed by atoms with Crippen LogP contribution in [-0.4, -0.2) is 24.0 Å². The topological polar surface area (TPSA) is 46.2 Å². The zero-order chi connectivity index (χ0) is 23.8. The number of carbonyl (C=O) groups is 2. The third-order valence-corrected chi connectivity index (χ3v) is 4.72. The van der Waals surface area contributed by atoms with Crippen LogP contribution in [0.1, 0.15) is 39.5 Å². The maximum atomic E-state index is 14.4. The SMILES string of the molecule is CC(=O)Nc1cccc(C(=O)Cc2c(C)cc(C(F)(C(F)(F)F)C(F)(F)F)cc2C)c1. The van der Waals surface area contributed by atoms with Crippen LogP contribution >= 0.6 is 0 Å². The summed E-state index contributed by atoms with van der Waals surface area (Å²) in [6.07, 6.45) is -12.8. The first kappa shape index (κ1) is 24.4. The average Bonchev–Trinajstić information content (AvgIpc) is 2.61. The molecule has 31 heavy (non-hydrogen) atoms. The molecule has 0 aromatic heterocycles. The van der Waals surface area contributed by atoms with Gasteiger partial charge in [-0.2, -0.15) is 26.3 Å². The Morgan fingerprint density at radius 2 is 1.39 bits per heavy atom. The summed E-state index contributed by atoms with van der Waals surface area (Å²) >= 11 is 0. The molecule has 0 aliphatic rings. The van der Waals surface area contributed by atoms with Crippen molar-refractivity contribution in [3.8, 4) is 0 Å². The van der Waals surface area contributed by atoms with Crippen molar-refractivity contribution in [1.82, 2.24) is 0 Å². The monoisotopic (exact) mass is 449 g/mol. The first-order valence-corrected chi connectivity index (χ1v) is 8.91. The van der Waals surface area contributed by atoms with Gasteiger partial charge in [0.15, 0.2) is 5.78 Å². The third-order valence-electron chi connectivity index (χ3n) is 4.72. The Morgan fingerprint density at radius 3 is 1.84 bits per heavy atom. The first-order chi connectivity index (χ1) is 14.1. The van der Waals surface area contributed by atoms with Crippen molar-refractivity contribution in [3.05, 3.63) is 64.2 Å². The van der Waals surface area contributed by atoms with Gasteiger partial charge in [0.25, 0.3) is 0 Å². The number of Topliss-reactive ketones (excluding diaryl/α,β-unsaturated/α-hetero) is 1. The molecule has 0 atom stereocenters. The molecule has 2 rings (SSSR count). The molecule has 168 valence electrons. The zero-order valence-corrected chi connectivity index (χ0v) is 16.6. The van der Waals surface area contributed by atoms with Crippen LogP contribution in [0.5, 0.6) is 0 Å². The zero-order valence-electron chi connectivity index (χ0n) is 16.6. The maximum Gasteiger partial charge on any atom is 0.435 e. The highest BCUT2D eigenvalue weighted by atomic mass is 19.4. The summed E-state index contributed by atoms with van der Waals surface area (Å²) in [5.74, 6) is -0.847. The standard InChI is InChI=1S/C21H18F7NO2/c1-11-7-15(19(22,20(23,24)25)21(26,27)28)8-12(2)17(11)10-18(31)14-5-4-6-16(9-14)29-13(3)30/h4-9H,10H2,1-3H3,(H,29,30). The molecule has 0 aliphatic carbocycles. The Kier molecular flexibility index (Phi) is 6.53. The predicted molar refractivity (Wildman–Crippen MR) is 99.6 cm³/mol. The van der Waals surface area contributed by atoms with Gasteiger partial charge in [-0.25, -0.2) is 4.39 Å². The molecule has 1 amide bonds. The summed E-state index contributed by atoms with van der Waals surface area (Å²) in [6.45, 7) is 3.69. The smallest absolute Gasteiger partial charge is 0.326 e. The molecule has 10 heteroatoms. The lowest BCUT2D eigenvalue weighted by Gasteiger charge is -2.31. The van der Waals surface area contributed by atoms with Gasteiger partial charge in [0.05, 0.1) is 0 Å². The second-order valence-corrected chi connectivity index (χ2v) is 7.10. The normalized spacial score (nSPS) is 12.6. The lowest BCUT2D eigenvalue weighted by Crippen LogP contribution is -2.50. The number of nitrogens with one attached hydrogen (secondary N) is 1. The van der Waals surface area contributed by atoms with Crippen LogP contribution in [0.4, 0.5) is 36.4 Å². The van der Waals surface area contributed by atoms with E-state index in [1.807, 2.05) is 0 Å². The number of hydrogen-bond donors (Lipinski definition) is 1. The molecule has 0 bridgehead atoms. The molecule has 1 N–H and O–H groups in total. The number of benzene rings is 2. The summed E-state index contributed by atoms with van der Waals surface area (Å²) in [5.41, 5.74) is -6.59. The molecule has 0 spiro atoms. The number of anilines is 1. The van der Waals surface area contributed by atoms with E-state index in [1.54, 1.807) is 6.07 Å². The van der Waals surface area contributed by atoms with Crippen LogP contribution in [0.25, 0.3) is 0 Å². The molecule has 0 saturated carbocycles. The summed E-state index contributed by atoms with van der Waals surface area (Å²) in [5, 5.41) is 2.49. The number of ketones is 1. The predicted octanol–water partition coefficient (Wildman–Crippen LogP) is 5.98. The van der Waals surface area contributed by atoms with Crippen molar-refractivity contribution in [3.63, 3.8) is 0 Å². The summed E-state index contributed by atoms with van der Waals surface area (Å²) in [7, 11) is 0. The van der Waals surface area contributed by atoms with Gasteiger partial charge in [0.2, 0.25) is 5.91 Å². The number of alkyl halides is 7. The fraction of sp³-hybridized carbons (Fsp3) is 0.333. The van der Waals surface area contributed by atoms with Crippen LogP contribution in [0, 0.1) is 13.8 Å². The molecule has 2 aromatic carbocycles. The molecule has 0 aliphatic heterocycles. The van der Waals surface area contributed by atoms with Gasteiger partial charge in [-0.15, -0.1) is 0 Å². The summed E-state index contributed by atoms with van der Waals surface area (Å²) in [4.78, 5) is 23.8. The molecule has 0 unspecified atom stereocenters. The minimum Gasteiger partial charge on any atom is -0.326 e. The van der Waals surface area contributed by atoms with Gasteiger partial charge in [0, 0.05) is 30.2 Å². The van der Waals surface area contributed by atoms with E-state index in [-0.39, 0.29) is 34.6 Å². The fourth-order valence-electron chi connectivity index (χ4n) is 3.20. The highest BCUT2D eigenvalue weighted by molar-refractivity contribution is 5.99. The van der Waals surface area contributed by atoms with Crippen molar-refractivity contribution < 1.29 is 40.3 Å². The quantitative estimate of drug-likeness (QED) is 0.451. The van der Waals surface area contributed by atoms with Gasteiger partial charge in [-0.05, 0) is 42.7 Å². The molecule has 0 saturated heterocycles. The number of carbonyl (C=O) groups excluding carboxylic acids is 2. The van der Waals surface area contributed by atoms with Crippen LogP contribution in [0.15, 0.2) is 36.4 Å². The number of halogens is 7. The van der Waals surface area contributed by atoms with Gasteiger partial charge in [-0.3, -0.25) is 9.59 Å². The van der Waals surface area contributed by atoms with E-state index in [1.165, 1.54) is 39.0 Å². The second kappa shape index (κ2) is 8.32. The number of amides is 1. The molecular formula is C21H18F7NO2. The summed E-state index contributed by atoms with van der Waals surface area (Å²) in [6, 6.07) is 6.81. The van der Waals surface area contributed by atoms with E-state index in [0.717, 1.165) is 0 Å². The number of rotatable bonds is 5. The second-order valence-electron chi connectivity index (χ2n) is 7.10. The van der Waals surface area contributed by atoms with Crippen LogP contribution < -0.4 is 5.32 Å². The van der Waals surface area contributed by atoms with E-state index in [2.05, 4.69) is 5.32 Å². The number of aryl methyl sites for hydroxylation is 2. The van der Waals surface area contributed by atoms with E-state index >= 15 is 0 Å². The van der Waals surface area contributed by atoms with E-state index in [0.29, 0.717) is 17.8 Å². The van der Waals surface area contributed by atoms with E-state index in [4.69, 9.17) is 0 Å². The van der Waals surface area contributed by atoms with Crippen molar-refractivity contribution in [1.29, 1.82) is 0 Å². The highest BCUT2D eigenvalue weighted by Gasteiger charge is 2.73. The van der Waals surface area contributed by atoms with Gasteiger partial charge in [-0.1, -0.05) is 24.3 Å². The Balaban J connectivity index is 2.43. The molecule has 0 heterocycles. The molecule has 0 radical (unpaired) electrons. The molecule has 3 nitrogen and oxygen atoms in total. The molecule has 0 fully saturated rings. The van der Waals surface area contributed by atoms with E-state index < -0.39 is 29.4 Å². The molecule has 2 aromatic rings. The third kappa shape index (κ3) is 4.88. The Morgan fingerprint density at radius 1 is 0.871 bits per heavy atom. The van der Waals surface area contributed by atoms with Crippen LogP contribution in [0.3, 0.4) is 0 Å². The van der Waals surface area contributed by atoms with Crippen molar-refractivity contribution in [2.75, 3.05) is 5.32 Å². The first-order valence-electron chi connectivity index (χ1n) is 8.91. The fourth-order valence-corrected chi connectivity index (χ4v) is 3.20. The van der Waals surface area contributed by atoms with Crippen molar-refractivity contribution in [2.45, 2.75) is 45.2 Å². The van der Waals surface area contributed by atoms with Crippen molar-refractivity contribution in [2.24, 2.45) is 0 Å². The lowest BCUT2D eigenvalue weighted by molar-refractivity contribution is -0.348. The Labute approximate surface area is 173 Å². The average molecular weight is 449 g/mol. The minimum absolute atomic E-state index is 0.0862. The van der Waals surface area contributed by atoms with Gasteiger partial charge in [0.1, 0.15) is 0 Å². The highest BCUT2D eigenvalue weighted by Crippen LogP contribution is 2.53. The van der Waals surface area contributed by atoms with Crippen molar-refractivity contribution >= 4 is 17.4 Å². The van der Waals surface area contributed by atoms with Crippen LogP contribution in [-0.2, 0) is 16.9 Å². The summed E-state index contributed by atoms with van der Waals surface area (Å²) < 4.78 is 92.5. The molecular weight excluding hydrogens is 431 g/mol.